The van der Waals surface area contributed by atoms with Crippen LogP contribution < -0.4 is 5.32 Å². The number of halogens is 2. The SMILES string of the molecule is O=C(CSc1nnc(-c2cccc(Br)c2)o1)Nc1nc(-c2ccc(Cl)cc2)cs1. The summed E-state index contributed by atoms with van der Waals surface area (Å²) in [7, 11) is 0. The highest BCUT2D eigenvalue weighted by atomic mass is 79.9. The Morgan fingerprint density at radius 2 is 2.00 bits per heavy atom. The molecule has 0 bridgehead atoms. The molecule has 1 N–H and O–H groups in total. The molecule has 0 radical (unpaired) electrons. The Kier molecular flexibility index (Phi) is 6.29. The van der Waals surface area contributed by atoms with Gasteiger partial charge in [0.25, 0.3) is 5.22 Å². The number of nitrogens with one attached hydrogen (secondary N) is 1. The predicted molar refractivity (Wildman–Crippen MR) is 119 cm³/mol. The average Bonchev–Trinajstić information content (AvgIpc) is 3.37. The lowest BCUT2D eigenvalue weighted by atomic mass is 10.2. The molecule has 1 amide bonds. The summed E-state index contributed by atoms with van der Waals surface area (Å²) < 4.78 is 6.53. The molecular weight excluding hydrogens is 496 g/mol. The molecule has 2 heterocycles. The molecule has 0 saturated carbocycles. The van der Waals surface area contributed by atoms with Crippen LogP contribution in [0, 0.1) is 0 Å². The molecule has 0 spiro atoms. The molecule has 146 valence electrons. The molecule has 6 nitrogen and oxygen atoms in total. The third-order valence-corrected chi connectivity index (χ3v) is 6.02. The van der Waals surface area contributed by atoms with E-state index < -0.39 is 0 Å². The smallest absolute Gasteiger partial charge is 0.277 e. The van der Waals surface area contributed by atoms with Crippen LogP contribution in [0.2, 0.25) is 5.02 Å². The van der Waals surface area contributed by atoms with E-state index in [2.05, 4.69) is 36.4 Å². The summed E-state index contributed by atoms with van der Waals surface area (Å²) in [6.07, 6.45) is 0. The molecule has 0 aliphatic heterocycles. The second-order valence-electron chi connectivity index (χ2n) is 5.77. The van der Waals surface area contributed by atoms with Crippen molar-refractivity contribution in [3.63, 3.8) is 0 Å². The highest BCUT2D eigenvalue weighted by Crippen LogP contribution is 2.27. The maximum atomic E-state index is 12.2. The average molecular weight is 508 g/mol. The predicted octanol–water partition coefficient (Wildman–Crippen LogP) is 6.01. The molecule has 29 heavy (non-hydrogen) atoms. The zero-order chi connectivity index (χ0) is 20.2. The van der Waals surface area contributed by atoms with Gasteiger partial charge in [0, 0.05) is 26.0 Å². The van der Waals surface area contributed by atoms with Gasteiger partial charge in [0.05, 0.1) is 11.4 Å². The van der Waals surface area contributed by atoms with E-state index in [9.17, 15) is 4.79 Å². The molecule has 0 aliphatic carbocycles. The fourth-order valence-corrected chi connectivity index (χ4v) is 4.20. The fourth-order valence-electron chi connectivity index (χ4n) is 2.37. The van der Waals surface area contributed by atoms with Gasteiger partial charge in [0.2, 0.25) is 11.8 Å². The summed E-state index contributed by atoms with van der Waals surface area (Å²) >= 11 is 11.8. The van der Waals surface area contributed by atoms with Gasteiger partial charge in [-0.15, -0.1) is 21.5 Å². The first-order valence-electron chi connectivity index (χ1n) is 8.30. The van der Waals surface area contributed by atoms with Crippen molar-refractivity contribution in [1.29, 1.82) is 0 Å². The zero-order valence-electron chi connectivity index (χ0n) is 14.6. The summed E-state index contributed by atoms with van der Waals surface area (Å²) in [4.78, 5) is 16.7. The van der Waals surface area contributed by atoms with Crippen molar-refractivity contribution < 1.29 is 9.21 Å². The highest BCUT2D eigenvalue weighted by molar-refractivity contribution is 9.10. The van der Waals surface area contributed by atoms with Gasteiger partial charge in [-0.25, -0.2) is 4.98 Å². The largest absolute Gasteiger partial charge is 0.411 e. The second kappa shape index (κ2) is 9.08. The number of hydrogen-bond acceptors (Lipinski definition) is 7. The van der Waals surface area contributed by atoms with Gasteiger partial charge in [-0.1, -0.05) is 57.5 Å². The normalized spacial score (nSPS) is 10.8. The maximum absolute atomic E-state index is 12.2. The van der Waals surface area contributed by atoms with Gasteiger partial charge in [-0.3, -0.25) is 4.79 Å². The Hall–Kier alpha value is -2.20. The second-order valence-corrected chi connectivity index (χ2v) is 8.90. The van der Waals surface area contributed by atoms with E-state index in [4.69, 9.17) is 16.0 Å². The summed E-state index contributed by atoms with van der Waals surface area (Å²) in [6, 6.07) is 14.9. The van der Waals surface area contributed by atoms with Gasteiger partial charge in [-0.05, 0) is 30.3 Å². The quantitative estimate of drug-likeness (QED) is 0.322. The number of amides is 1. The number of aromatic nitrogens is 3. The topological polar surface area (TPSA) is 80.9 Å². The summed E-state index contributed by atoms with van der Waals surface area (Å²) in [6.45, 7) is 0. The van der Waals surface area contributed by atoms with E-state index in [0.29, 0.717) is 21.3 Å². The van der Waals surface area contributed by atoms with E-state index in [0.717, 1.165) is 21.3 Å². The number of nitrogens with zero attached hydrogens (tertiary/aromatic N) is 3. The van der Waals surface area contributed by atoms with Gasteiger partial charge in [-0.2, -0.15) is 0 Å². The Balaban J connectivity index is 1.33. The van der Waals surface area contributed by atoms with Crippen molar-refractivity contribution in [1.82, 2.24) is 15.2 Å². The Morgan fingerprint density at radius 3 is 2.79 bits per heavy atom. The Labute approximate surface area is 187 Å². The molecule has 10 heteroatoms. The van der Waals surface area contributed by atoms with Crippen LogP contribution in [-0.2, 0) is 4.79 Å². The lowest BCUT2D eigenvalue weighted by molar-refractivity contribution is -0.113. The molecule has 4 rings (SSSR count). The zero-order valence-corrected chi connectivity index (χ0v) is 18.6. The van der Waals surface area contributed by atoms with Crippen LogP contribution in [0.5, 0.6) is 0 Å². The first-order valence-corrected chi connectivity index (χ1v) is 11.3. The van der Waals surface area contributed by atoms with Gasteiger partial charge < -0.3 is 9.73 Å². The van der Waals surface area contributed by atoms with Crippen molar-refractivity contribution in [3.8, 4) is 22.7 Å². The van der Waals surface area contributed by atoms with Crippen LogP contribution in [0.1, 0.15) is 0 Å². The van der Waals surface area contributed by atoms with E-state index >= 15 is 0 Å². The molecule has 4 aromatic rings. The highest BCUT2D eigenvalue weighted by Gasteiger charge is 2.13. The fraction of sp³-hybridized carbons (Fsp3) is 0.0526. The van der Waals surface area contributed by atoms with Crippen molar-refractivity contribution in [2.45, 2.75) is 5.22 Å². The third kappa shape index (κ3) is 5.24. The number of thioether (sulfide) groups is 1. The summed E-state index contributed by atoms with van der Waals surface area (Å²) in [5, 5.41) is 14.2. The number of rotatable bonds is 6. The van der Waals surface area contributed by atoms with Crippen molar-refractivity contribution in [3.05, 3.63) is 63.4 Å². The van der Waals surface area contributed by atoms with E-state index in [1.165, 1.54) is 23.1 Å². The number of anilines is 1. The first-order chi connectivity index (χ1) is 14.1. The Morgan fingerprint density at radius 1 is 1.17 bits per heavy atom. The molecule has 0 aliphatic rings. The van der Waals surface area contributed by atoms with E-state index in [1.54, 1.807) is 12.1 Å². The molecule has 0 saturated heterocycles. The van der Waals surface area contributed by atoms with Crippen molar-refractivity contribution in [2.24, 2.45) is 0 Å². The monoisotopic (exact) mass is 506 g/mol. The van der Waals surface area contributed by atoms with Gasteiger partial charge in [0.1, 0.15) is 0 Å². The molecule has 0 atom stereocenters. The summed E-state index contributed by atoms with van der Waals surface area (Å²) in [5.74, 6) is 0.339. The standard InChI is InChI=1S/C19H12BrClN4O2S2/c20-13-3-1-2-12(8-13)17-24-25-19(27-17)29-10-16(26)23-18-22-15(9-28-18)11-4-6-14(21)7-5-11/h1-9H,10H2,(H,22,23,26). The van der Waals surface area contributed by atoms with E-state index in [-0.39, 0.29) is 11.7 Å². The van der Waals surface area contributed by atoms with Crippen LogP contribution >= 0.6 is 50.6 Å². The minimum atomic E-state index is -0.200. The minimum absolute atomic E-state index is 0.135. The number of benzene rings is 2. The number of hydrogen-bond donors (Lipinski definition) is 1. The third-order valence-electron chi connectivity index (χ3n) is 3.70. The van der Waals surface area contributed by atoms with Crippen LogP contribution in [0.25, 0.3) is 22.7 Å². The molecule has 2 aromatic carbocycles. The molecule has 2 aromatic heterocycles. The van der Waals surface area contributed by atoms with Gasteiger partial charge >= 0.3 is 0 Å². The van der Waals surface area contributed by atoms with Crippen molar-refractivity contribution >= 4 is 61.7 Å². The molecular formula is C19H12BrClN4O2S2. The first kappa shape index (κ1) is 20.1. The number of carbonyl (C=O) groups excluding carboxylic acids is 1. The van der Waals surface area contributed by atoms with Gasteiger partial charge in [0.15, 0.2) is 5.13 Å². The van der Waals surface area contributed by atoms with Crippen LogP contribution in [-0.4, -0.2) is 26.8 Å². The Bertz CT molecular complexity index is 1150. The lowest BCUT2D eigenvalue weighted by Gasteiger charge is -2.00. The maximum Gasteiger partial charge on any atom is 0.277 e. The van der Waals surface area contributed by atoms with Crippen molar-refractivity contribution in [2.75, 3.05) is 11.1 Å². The van der Waals surface area contributed by atoms with E-state index in [1.807, 2.05) is 41.8 Å². The number of thiazole rings is 1. The molecule has 0 unspecified atom stereocenters. The summed E-state index contributed by atoms with van der Waals surface area (Å²) in [5.41, 5.74) is 2.53. The van der Waals surface area contributed by atoms with Crippen LogP contribution in [0.4, 0.5) is 5.13 Å². The number of carbonyl (C=O) groups is 1. The molecule has 0 fully saturated rings. The van der Waals surface area contributed by atoms with Crippen LogP contribution in [0.3, 0.4) is 0 Å². The lowest BCUT2D eigenvalue weighted by Crippen LogP contribution is -2.13. The minimum Gasteiger partial charge on any atom is -0.411 e. The van der Waals surface area contributed by atoms with Crippen LogP contribution in [0.15, 0.2) is 68.0 Å².